The monoisotopic (exact) mass is 268 g/mol. The van der Waals surface area contributed by atoms with Gasteiger partial charge in [0.1, 0.15) is 24.2 Å². The molecule has 102 valence electrons. The molecule has 1 N–H and O–H groups in total. The number of anilines is 1. The molecule has 2 rings (SSSR count). The number of nitrogens with zero attached hydrogens (tertiary/aromatic N) is 3. The van der Waals surface area contributed by atoms with E-state index in [1.807, 2.05) is 32.0 Å². The van der Waals surface area contributed by atoms with E-state index >= 15 is 0 Å². The van der Waals surface area contributed by atoms with Crippen molar-refractivity contribution in [1.82, 2.24) is 10.2 Å². The maximum absolute atomic E-state index is 8.62. The second-order valence-corrected chi connectivity index (χ2v) is 4.51. The van der Waals surface area contributed by atoms with Crippen LogP contribution in [0.3, 0.4) is 0 Å². The Morgan fingerprint density at radius 1 is 1.15 bits per heavy atom. The predicted molar refractivity (Wildman–Crippen MR) is 76.6 cm³/mol. The maximum atomic E-state index is 8.62. The molecule has 1 heterocycles. The summed E-state index contributed by atoms with van der Waals surface area (Å²) in [4.78, 5) is 0. The highest BCUT2D eigenvalue weighted by atomic mass is 16.5. The zero-order chi connectivity index (χ0) is 14.4. The summed E-state index contributed by atoms with van der Waals surface area (Å²) in [7, 11) is 0. The fourth-order valence-corrected chi connectivity index (χ4v) is 1.85. The second-order valence-electron chi connectivity index (χ2n) is 4.51. The Balaban J connectivity index is 1.79. The largest absolute Gasteiger partial charge is 0.492 e. The van der Waals surface area contributed by atoms with E-state index in [9.17, 15) is 0 Å². The standard InChI is InChI=1S/C15H16N4O/c1-11-7-12(2)9-14(8-11)20-6-5-17-15-4-3-13(10-16)18-19-15/h3-4,7-9H,5-6H2,1-2H3,(H,17,19). The smallest absolute Gasteiger partial charge is 0.163 e. The zero-order valence-electron chi connectivity index (χ0n) is 11.6. The third-order valence-electron chi connectivity index (χ3n) is 2.65. The number of rotatable bonds is 5. The van der Waals surface area contributed by atoms with Gasteiger partial charge in [-0.05, 0) is 49.2 Å². The van der Waals surface area contributed by atoms with Gasteiger partial charge in [0.15, 0.2) is 5.69 Å². The molecule has 0 aliphatic heterocycles. The summed E-state index contributed by atoms with van der Waals surface area (Å²) in [5.41, 5.74) is 2.68. The van der Waals surface area contributed by atoms with Crippen molar-refractivity contribution in [3.63, 3.8) is 0 Å². The summed E-state index contributed by atoms with van der Waals surface area (Å²) in [6.45, 7) is 5.24. The first-order valence-corrected chi connectivity index (χ1v) is 6.36. The van der Waals surface area contributed by atoms with Crippen LogP contribution in [0.15, 0.2) is 30.3 Å². The van der Waals surface area contributed by atoms with Crippen molar-refractivity contribution in [2.45, 2.75) is 13.8 Å². The summed E-state index contributed by atoms with van der Waals surface area (Å²) in [5.74, 6) is 1.50. The molecule has 0 saturated heterocycles. The van der Waals surface area contributed by atoms with Crippen molar-refractivity contribution >= 4 is 5.82 Å². The highest BCUT2D eigenvalue weighted by Crippen LogP contribution is 2.15. The van der Waals surface area contributed by atoms with E-state index < -0.39 is 0 Å². The average Bonchev–Trinajstić information content (AvgIpc) is 2.43. The molecule has 1 aromatic carbocycles. The quantitative estimate of drug-likeness (QED) is 0.843. The number of aromatic nitrogens is 2. The summed E-state index contributed by atoms with van der Waals surface area (Å²) < 4.78 is 5.67. The number of aryl methyl sites for hydroxylation is 2. The lowest BCUT2D eigenvalue weighted by molar-refractivity contribution is 0.332. The van der Waals surface area contributed by atoms with Gasteiger partial charge in [-0.2, -0.15) is 5.26 Å². The molecule has 0 aliphatic rings. The fraction of sp³-hybridized carbons (Fsp3) is 0.267. The molecule has 2 aromatic rings. The van der Waals surface area contributed by atoms with Crippen LogP contribution in [0.1, 0.15) is 16.8 Å². The first kappa shape index (κ1) is 13.8. The van der Waals surface area contributed by atoms with E-state index in [1.54, 1.807) is 12.1 Å². The highest BCUT2D eigenvalue weighted by molar-refractivity contribution is 5.35. The van der Waals surface area contributed by atoms with Crippen LogP contribution in [-0.4, -0.2) is 23.3 Å². The minimum absolute atomic E-state index is 0.307. The lowest BCUT2D eigenvalue weighted by Gasteiger charge is -2.09. The van der Waals surface area contributed by atoms with Crippen molar-refractivity contribution in [3.05, 3.63) is 47.2 Å². The molecule has 0 spiro atoms. The first-order valence-electron chi connectivity index (χ1n) is 6.36. The minimum atomic E-state index is 0.307. The number of hydrogen-bond acceptors (Lipinski definition) is 5. The Hall–Kier alpha value is -2.61. The SMILES string of the molecule is Cc1cc(C)cc(OCCNc2ccc(C#N)nn2)c1. The van der Waals surface area contributed by atoms with Crippen LogP contribution in [0.5, 0.6) is 5.75 Å². The number of hydrogen-bond donors (Lipinski definition) is 1. The minimum Gasteiger partial charge on any atom is -0.492 e. The van der Waals surface area contributed by atoms with E-state index in [-0.39, 0.29) is 0 Å². The molecule has 0 saturated carbocycles. The zero-order valence-corrected chi connectivity index (χ0v) is 11.6. The van der Waals surface area contributed by atoms with Gasteiger partial charge in [-0.25, -0.2) is 0 Å². The van der Waals surface area contributed by atoms with E-state index in [0.717, 1.165) is 5.75 Å². The molecule has 0 unspecified atom stereocenters. The van der Waals surface area contributed by atoms with Crippen molar-refractivity contribution < 1.29 is 4.74 Å². The van der Waals surface area contributed by atoms with Crippen LogP contribution in [0.25, 0.3) is 0 Å². The van der Waals surface area contributed by atoms with Crippen LogP contribution >= 0.6 is 0 Å². The van der Waals surface area contributed by atoms with Crippen LogP contribution in [0, 0.1) is 25.2 Å². The van der Waals surface area contributed by atoms with Gasteiger partial charge in [0, 0.05) is 0 Å². The van der Waals surface area contributed by atoms with E-state index in [2.05, 4.69) is 21.6 Å². The molecule has 5 nitrogen and oxygen atoms in total. The van der Waals surface area contributed by atoms with Crippen molar-refractivity contribution in [2.24, 2.45) is 0 Å². The van der Waals surface area contributed by atoms with Crippen molar-refractivity contribution in [2.75, 3.05) is 18.5 Å². The lowest BCUT2D eigenvalue weighted by Crippen LogP contribution is -2.12. The lowest BCUT2D eigenvalue weighted by atomic mass is 10.1. The van der Waals surface area contributed by atoms with E-state index in [4.69, 9.17) is 10.00 Å². The average molecular weight is 268 g/mol. The van der Waals surface area contributed by atoms with E-state index in [1.165, 1.54) is 11.1 Å². The molecular weight excluding hydrogens is 252 g/mol. The number of nitriles is 1. The molecule has 0 amide bonds. The second kappa shape index (κ2) is 6.53. The summed E-state index contributed by atoms with van der Waals surface area (Å²) in [6, 6.07) is 11.4. The summed E-state index contributed by atoms with van der Waals surface area (Å²) >= 11 is 0. The topological polar surface area (TPSA) is 70.8 Å². The molecule has 20 heavy (non-hydrogen) atoms. The van der Waals surface area contributed by atoms with Gasteiger partial charge < -0.3 is 10.1 Å². The fourth-order valence-electron chi connectivity index (χ4n) is 1.85. The van der Waals surface area contributed by atoms with Gasteiger partial charge in [0.05, 0.1) is 6.54 Å². The molecular formula is C15H16N4O. The van der Waals surface area contributed by atoms with Crippen LogP contribution in [-0.2, 0) is 0 Å². The van der Waals surface area contributed by atoms with Crippen LogP contribution in [0.4, 0.5) is 5.82 Å². The molecule has 0 bridgehead atoms. The number of nitrogens with one attached hydrogen (secondary N) is 1. The van der Waals surface area contributed by atoms with Gasteiger partial charge in [-0.3, -0.25) is 0 Å². The maximum Gasteiger partial charge on any atom is 0.163 e. The molecule has 5 heteroatoms. The van der Waals surface area contributed by atoms with Crippen molar-refractivity contribution in [1.29, 1.82) is 5.26 Å². The Labute approximate surface area is 118 Å². The Kier molecular flexibility index (Phi) is 4.51. The molecule has 0 atom stereocenters. The van der Waals surface area contributed by atoms with Gasteiger partial charge in [-0.1, -0.05) is 6.07 Å². The van der Waals surface area contributed by atoms with Crippen molar-refractivity contribution in [3.8, 4) is 11.8 Å². The predicted octanol–water partition coefficient (Wildman–Crippen LogP) is 2.46. The molecule has 1 aromatic heterocycles. The summed E-state index contributed by atoms with van der Waals surface area (Å²) in [6.07, 6.45) is 0. The highest BCUT2D eigenvalue weighted by Gasteiger charge is 1.98. The van der Waals surface area contributed by atoms with Crippen LogP contribution in [0.2, 0.25) is 0 Å². The number of benzene rings is 1. The Bertz CT molecular complexity index is 597. The van der Waals surface area contributed by atoms with Gasteiger partial charge in [0.25, 0.3) is 0 Å². The van der Waals surface area contributed by atoms with Gasteiger partial charge in [-0.15, -0.1) is 10.2 Å². The first-order chi connectivity index (χ1) is 9.67. The summed E-state index contributed by atoms with van der Waals surface area (Å²) in [5, 5.41) is 19.3. The Morgan fingerprint density at radius 3 is 2.50 bits per heavy atom. The molecule has 0 radical (unpaired) electrons. The van der Waals surface area contributed by atoms with E-state index in [0.29, 0.717) is 24.7 Å². The van der Waals surface area contributed by atoms with Gasteiger partial charge in [0.2, 0.25) is 0 Å². The van der Waals surface area contributed by atoms with Gasteiger partial charge >= 0.3 is 0 Å². The number of ether oxygens (including phenoxy) is 1. The molecule has 0 aliphatic carbocycles. The Morgan fingerprint density at radius 2 is 1.90 bits per heavy atom. The van der Waals surface area contributed by atoms with Crippen LogP contribution < -0.4 is 10.1 Å². The third kappa shape index (κ3) is 3.95. The third-order valence-corrected chi connectivity index (χ3v) is 2.65. The molecule has 0 fully saturated rings. The normalized spacial score (nSPS) is 9.85.